The summed E-state index contributed by atoms with van der Waals surface area (Å²) < 4.78 is 0. The number of fused-ring (bicyclic) bond motifs is 1. The zero-order chi connectivity index (χ0) is 19.2. The predicted octanol–water partition coefficient (Wildman–Crippen LogP) is 1.93. The Morgan fingerprint density at radius 3 is 2.56 bits per heavy atom. The number of hydrogen-bond acceptors (Lipinski definition) is 3. The molecule has 1 saturated heterocycles. The Balaban J connectivity index is 1.40. The molecule has 1 aromatic rings. The molecule has 1 saturated carbocycles. The number of amides is 3. The van der Waals surface area contributed by atoms with Crippen LogP contribution in [0.25, 0.3) is 0 Å². The molecule has 0 unspecified atom stereocenters. The third kappa shape index (κ3) is 3.45. The van der Waals surface area contributed by atoms with E-state index < -0.39 is 5.41 Å². The van der Waals surface area contributed by atoms with E-state index in [4.69, 9.17) is 0 Å². The molecule has 3 aliphatic rings. The summed E-state index contributed by atoms with van der Waals surface area (Å²) in [5.41, 5.74) is 2.15. The van der Waals surface area contributed by atoms with Gasteiger partial charge in [-0.15, -0.1) is 0 Å². The maximum absolute atomic E-state index is 12.8. The van der Waals surface area contributed by atoms with Gasteiger partial charge < -0.3 is 15.1 Å². The average Bonchev–Trinajstić information content (AvgIpc) is 3.46. The fraction of sp³-hybridized carbons (Fsp3) is 0.571. The third-order valence-electron chi connectivity index (χ3n) is 6.02. The van der Waals surface area contributed by atoms with E-state index in [9.17, 15) is 14.4 Å². The lowest BCUT2D eigenvalue weighted by molar-refractivity contribution is -0.134. The Kier molecular flexibility index (Phi) is 4.44. The van der Waals surface area contributed by atoms with Crippen LogP contribution in [-0.4, -0.2) is 53.7 Å². The minimum absolute atomic E-state index is 0.00563. The molecule has 1 N–H and O–H groups in total. The molecule has 27 heavy (non-hydrogen) atoms. The number of nitrogens with one attached hydrogen (secondary N) is 1. The van der Waals surface area contributed by atoms with Gasteiger partial charge in [0, 0.05) is 37.8 Å². The molecule has 4 rings (SSSR count). The number of anilines is 1. The molecule has 6 nitrogen and oxygen atoms in total. The lowest BCUT2D eigenvalue weighted by Gasteiger charge is -2.22. The first-order valence-corrected chi connectivity index (χ1v) is 9.87. The quantitative estimate of drug-likeness (QED) is 0.885. The fourth-order valence-corrected chi connectivity index (χ4v) is 3.99. The Morgan fingerprint density at radius 1 is 1.11 bits per heavy atom. The van der Waals surface area contributed by atoms with Crippen molar-refractivity contribution in [3.05, 3.63) is 29.3 Å². The highest BCUT2D eigenvalue weighted by Crippen LogP contribution is 2.37. The van der Waals surface area contributed by atoms with Crippen molar-refractivity contribution >= 4 is 23.4 Å². The van der Waals surface area contributed by atoms with E-state index in [1.165, 1.54) is 0 Å². The van der Waals surface area contributed by atoms with E-state index in [0.717, 1.165) is 42.6 Å². The number of benzene rings is 1. The van der Waals surface area contributed by atoms with Crippen molar-refractivity contribution in [2.75, 3.05) is 31.5 Å². The topological polar surface area (TPSA) is 69.7 Å². The molecule has 2 heterocycles. The molecular weight excluding hydrogens is 342 g/mol. The Morgan fingerprint density at radius 2 is 1.81 bits per heavy atom. The first-order valence-electron chi connectivity index (χ1n) is 9.87. The SMILES string of the molecule is CC1(C)C(=O)Nc2ccc(CC(=O)N3CCCN(C(=O)C4CC4)CC3)cc21. The van der Waals surface area contributed by atoms with Gasteiger partial charge in [0.15, 0.2) is 0 Å². The molecule has 0 atom stereocenters. The van der Waals surface area contributed by atoms with Gasteiger partial charge >= 0.3 is 0 Å². The fourth-order valence-electron chi connectivity index (χ4n) is 3.99. The molecule has 6 heteroatoms. The number of nitrogens with zero attached hydrogens (tertiary/aromatic N) is 2. The van der Waals surface area contributed by atoms with Gasteiger partial charge in [0.25, 0.3) is 0 Å². The second-order valence-electron chi connectivity index (χ2n) is 8.47. The van der Waals surface area contributed by atoms with Gasteiger partial charge in [0.1, 0.15) is 0 Å². The standard InChI is InChI=1S/C21H27N3O3/c1-21(2)16-12-14(4-7-17(16)22-20(21)27)13-18(25)23-8-3-9-24(11-10-23)19(26)15-5-6-15/h4,7,12,15H,3,5-6,8-11,13H2,1-2H3,(H,22,27). The van der Waals surface area contributed by atoms with E-state index in [-0.39, 0.29) is 23.6 Å². The maximum Gasteiger partial charge on any atom is 0.234 e. The van der Waals surface area contributed by atoms with Gasteiger partial charge in [-0.05, 0) is 50.3 Å². The minimum atomic E-state index is -0.569. The Bertz CT molecular complexity index is 798. The first-order chi connectivity index (χ1) is 12.9. The summed E-state index contributed by atoms with van der Waals surface area (Å²) in [6.07, 6.45) is 3.20. The first kappa shape index (κ1) is 18.0. The van der Waals surface area contributed by atoms with Crippen LogP contribution >= 0.6 is 0 Å². The lowest BCUT2D eigenvalue weighted by atomic mass is 9.85. The summed E-state index contributed by atoms with van der Waals surface area (Å²) in [5.74, 6) is 0.584. The van der Waals surface area contributed by atoms with Crippen molar-refractivity contribution in [1.82, 2.24) is 9.80 Å². The molecule has 0 bridgehead atoms. The molecule has 0 radical (unpaired) electrons. The summed E-state index contributed by atoms with van der Waals surface area (Å²) in [5, 5.41) is 2.90. The van der Waals surface area contributed by atoms with Gasteiger partial charge in [-0.2, -0.15) is 0 Å². The van der Waals surface area contributed by atoms with Gasteiger partial charge in [0.05, 0.1) is 11.8 Å². The second-order valence-corrected chi connectivity index (χ2v) is 8.47. The number of carbonyl (C=O) groups is 3. The smallest absolute Gasteiger partial charge is 0.234 e. The van der Waals surface area contributed by atoms with Gasteiger partial charge in [-0.25, -0.2) is 0 Å². The van der Waals surface area contributed by atoms with Crippen LogP contribution in [0.3, 0.4) is 0 Å². The van der Waals surface area contributed by atoms with Crippen LogP contribution in [0.2, 0.25) is 0 Å². The number of hydrogen-bond donors (Lipinski definition) is 1. The second kappa shape index (κ2) is 6.66. The van der Waals surface area contributed by atoms with Crippen LogP contribution in [0.5, 0.6) is 0 Å². The highest BCUT2D eigenvalue weighted by atomic mass is 16.2. The van der Waals surface area contributed by atoms with E-state index in [2.05, 4.69) is 5.32 Å². The van der Waals surface area contributed by atoms with Crippen LogP contribution < -0.4 is 5.32 Å². The third-order valence-corrected chi connectivity index (χ3v) is 6.02. The highest BCUT2D eigenvalue weighted by Gasteiger charge is 2.38. The van der Waals surface area contributed by atoms with Crippen molar-refractivity contribution in [2.45, 2.75) is 44.9 Å². The zero-order valence-electron chi connectivity index (χ0n) is 16.1. The molecule has 144 valence electrons. The van der Waals surface area contributed by atoms with Crippen molar-refractivity contribution < 1.29 is 14.4 Å². The van der Waals surface area contributed by atoms with E-state index >= 15 is 0 Å². The molecule has 1 aromatic carbocycles. The van der Waals surface area contributed by atoms with Gasteiger partial charge in [-0.3, -0.25) is 14.4 Å². The molecule has 2 fully saturated rings. The summed E-state index contributed by atoms with van der Waals surface area (Å²) >= 11 is 0. The zero-order valence-corrected chi connectivity index (χ0v) is 16.1. The normalized spacial score (nSPS) is 21.5. The van der Waals surface area contributed by atoms with Crippen LogP contribution in [0.4, 0.5) is 5.69 Å². The van der Waals surface area contributed by atoms with Crippen molar-refractivity contribution in [1.29, 1.82) is 0 Å². The maximum atomic E-state index is 12.8. The molecular formula is C21H27N3O3. The van der Waals surface area contributed by atoms with Crippen molar-refractivity contribution in [3.8, 4) is 0 Å². The molecule has 1 aliphatic carbocycles. The van der Waals surface area contributed by atoms with Crippen molar-refractivity contribution in [2.24, 2.45) is 5.92 Å². The lowest BCUT2D eigenvalue weighted by Crippen LogP contribution is -2.38. The van der Waals surface area contributed by atoms with E-state index in [1.807, 2.05) is 41.8 Å². The highest BCUT2D eigenvalue weighted by molar-refractivity contribution is 6.05. The summed E-state index contributed by atoms with van der Waals surface area (Å²) in [7, 11) is 0. The average molecular weight is 369 g/mol. The van der Waals surface area contributed by atoms with Crippen LogP contribution in [0.15, 0.2) is 18.2 Å². The van der Waals surface area contributed by atoms with Gasteiger partial charge in [0.2, 0.25) is 17.7 Å². The van der Waals surface area contributed by atoms with Crippen LogP contribution in [0.1, 0.15) is 44.2 Å². The number of carbonyl (C=O) groups excluding carboxylic acids is 3. The van der Waals surface area contributed by atoms with Crippen LogP contribution in [-0.2, 0) is 26.2 Å². The number of rotatable bonds is 3. The van der Waals surface area contributed by atoms with Crippen LogP contribution in [0, 0.1) is 5.92 Å². The molecule has 2 aliphatic heterocycles. The summed E-state index contributed by atoms with van der Waals surface area (Å²) in [4.78, 5) is 41.0. The summed E-state index contributed by atoms with van der Waals surface area (Å²) in [6.45, 7) is 6.49. The van der Waals surface area contributed by atoms with E-state index in [0.29, 0.717) is 26.1 Å². The molecule has 0 aromatic heterocycles. The molecule has 0 spiro atoms. The Labute approximate surface area is 159 Å². The predicted molar refractivity (Wildman–Crippen MR) is 102 cm³/mol. The Hall–Kier alpha value is -2.37. The largest absolute Gasteiger partial charge is 0.341 e. The van der Waals surface area contributed by atoms with E-state index in [1.54, 1.807) is 0 Å². The molecule has 3 amide bonds. The van der Waals surface area contributed by atoms with Gasteiger partial charge in [-0.1, -0.05) is 12.1 Å². The van der Waals surface area contributed by atoms with Crippen molar-refractivity contribution in [3.63, 3.8) is 0 Å². The summed E-state index contributed by atoms with van der Waals surface area (Å²) in [6, 6.07) is 5.79. The minimum Gasteiger partial charge on any atom is -0.341 e. The monoisotopic (exact) mass is 369 g/mol.